The van der Waals surface area contributed by atoms with Crippen LogP contribution in [0.15, 0.2) is 29.4 Å². The molecule has 2 nitrogen and oxygen atoms in total. The quantitative estimate of drug-likeness (QED) is 0.403. The van der Waals surface area contributed by atoms with Gasteiger partial charge in [-0.3, -0.25) is 0 Å². The van der Waals surface area contributed by atoms with Gasteiger partial charge in [0.25, 0.3) is 0 Å². The van der Waals surface area contributed by atoms with Crippen LogP contribution in [0.3, 0.4) is 0 Å². The molecule has 2 heteroatoms. The Kier molecular flexibility index (Phi) is 1.82. The summed E-state index contributed by atoms with van der Waals surface area (Å²) in [5.74, 6) is 0.708. The van der Waals surface area contributed by atoms with Crippen LogP contribution in [0.25, 0.3) is 0 Å². The summed E-state index contributed by atoms with van der Waals surface area (Å²) in [6, 6.07) is 8.08. The molecule has 0 spiro atoms. The fourth-order valence-electron chi connectivity index (χ4n) is 1.46. The largest absolute Gasteiger partial charge is 0.411 e. The molecule has 0 atom stereocenters. The summed E-state index contributed by atoms with van der Waals surface area (Å²) >= 11 is 0. The molecular formula is C10H11NO. The lowest BCUT2D eigenvalue weighted by Crippen LogP contribution is -1.89. The van der Waals surface area contributed by atoms with E-state index in [0.717, 1.165) is 5.56 Å². The van der Waals surface area contributed by atoms with Gasteiger partial charge in [0.05, 0.1) is 6.21 Å². The molecule has 0 unspecified atom stereocenters. The van der Waals surface area contributed by atoms with Crippen molar-refractivity contribution in [3.8, 4) is 0 Å². The number of benzene rings is 1. The molecule has 1 saturated carbocycles. The Balaban J connectivity index is 2.36. The van der Waals surface area contributed by atoms with E-state index < -0.39 is 0 Å². The van der Waals surface area contributed by atoms with Crippen molar-refractivity contribution in [1.82, 2.24) is 0 Å². The predicted molar refractivity (Wildman–Crippen MR) is 47.8 cm³/mol. The average Bonchev–Trinajstić information content (AvgIpc) is 2.89. The topological polar surface area (TPSA) is 32.6 Å². The van der Waals surface area contributed by atoms with Gasteiger partial charge in [-0.2, -0.15) is 0 Å². The molecule has 1 aromatic rings. The molecule has 0 amide bonds. The van der Waals surface area contributed by atoms with Crippen molar-refractivity contribution in [1.29, 1.82) is 0 Å². The van der Waals surface area contributed by atoms with E-state index in [1.54, 1.807) is 0 Å². The van der Waals surface area contributed by atoms with Gasteiger partial charge in [-0.25, -0.2) is 0 Å². The van der Waals surface area contributed by atoms with Crippen molar-refractivity contribution >= 4 is 6.21 Å². The van der Waals surface area contributed by atoms with E-state index in [9.17, 15) is 0 Å². The molecule has 0 saturated heterocycles. The molecule has 0 radical (unpaired) electrons. The lowest BCUT2D eigenvalue weighted by Gasteiger charge is -2.01. The fraction of sp³-hybridized carbons (Fsp3) is 0.300. The second-order valence-corrected chi connectivity index (χ2v) is 3.15. The van der Waals surface area contributed by atoms with Crippen molar-refractivity contribution in [3.05, 3.63) is 35.4 Å². The number of hydrogen-bond acceptors (Lipinski definition) is 2. The summed E-state index contributed by atoms with van der Waals surface area (Å²) in [6.45, 7) is 0. The molecular weight excluding hydrogens is 150 g/mol. The van der Waals surface area contributed by atoms with Gasteiger partial charge in [-0.05, 0) is 29.9 Å². The first-order valence-corrected chi connectivity index (χ1v) is 4.18. The van der Waals surface area contributed by atoms with Gasteiger partial charge in [0.15, 0.2) is 0 Å². The second kappa shape index (κ2) is 2.97. The summed E-state index contributed by atoms with van der Waals surface area (Å²) in [4.78, 5) is 0. The van der Waals surface area contributed by atoms with Crippen LogP contribution in [0.4, 0.5) is 0 Å². The molecule has 0 bridgehead atoms. The van der Waals surface area contributed by atoms with Crippen molar-refractivity contribution in [2.45, 2.75) is 18.8 Å². The fourth-order valence-corrected chi connectivity index (χ4v) is 1.46. The summed E-state index contributed by atoms with van der Waals surface area (Å²) < 4.78 is 0. The van der Waals surface area contributed by atoms with E-state index in [1.807, 2.05) is 18.2 Å². The maximum Gasteiger partial charge on any atom is 0.0736 e. The lowest BCUT2D eigenvalue weighted by molar-refractivity contribution is 0.322. The monoisotopic (exact) mass is 161 g/mol. The van der Waals surface area contributed by atoms with E-state index >= 15 is 0 Å². The average molecular weight is 161 g/mol. The first-order chi connectivity index (χ1) is 5.92. The highest BCUT2D eigenvalue weighted by atomic mass is 16.4. The Labute approximate surface area is 71.5 Å². The van der Waals surface area contributed by atoms with E-state index in [2.05, 4.69) is 11.2 Å². The highest BCUT2D eigenvalue weighted by Gasteiger charge is 2.24. The van der Waals surface area contributed by atoms with Crippen molar-refractivity contribution in [2.75, 3.05) is 0 Å². The highest BCUT2D eigenvalue weighted by Crippen LogP contribution is 2.41. The molecule has 0 aromatic heterocycles. The molecule has 0 heterocycles. The summed E-state index contributed by atoms with van der Waals surface area (Å²) in [6.07, 6.45) is 4.06. The summed E-state index contributed by atoms with van der Waals surface area (Å²) in [5.41, 5.74) is 2.36. The molecule has 0 aliphatic heterocycles. The van der Waals surface area contributed by atoms with Gasteiger partial charge in [-0.15, -0.1) is 0 Å². The van der Waals surface area contributed by atoms with Gasteiger partial charge < -0.3 is 5.21 Å². The SMILES string of the molecule is O/N=C/c1ccccc1C1CC1. The van der Waals surface area contributed by atoms with Crippen LogP contribution in [-0.4, -0.2) is 11.4 Å². The zero-order valence-electron chi connectivity index (χ0n) is 6.77. The number of rotatable bonds is 2. The van der Waals surface area contributed by atoms with Crippen LogP contribution < -0.4 is 0 Å². The van der Waals surface area contributed by atoms with Crippen molar-refractivity contribution in [3.63, 3.8) is 0 Å². The third kappa shape index (κ3) is 1.33. The molecule has 1 aliphatic carbocycles. The Hall–Kier alpha value is -1.31. The predicted octanol–water partition coefficient (Wildman–Crippen LogP) is 2.37. The molecule has 12 heavy (non-hydrogen) atoms. The Morgan fingerprint density at radius 1 is 1.33 bits per heavy atom. The Bertz CT molecular complexity index is 302. The van der Waals surface area contributed by atoms with Crippen LogP contribution in [0, 0.1) is 0 Å². The molecule has 1 N–H and O–H groups in total. The van der Waals surface area contributed by atoms with Gasteiger partial charge in [0.1, 0.15) is 0 Å². The van der Waals surface area contributed by atoms with Crippen LogP contribution in [0.2, 0.25) is 0 Å². The van der Waals surface area contributed by atoms with Gasteiger partial charge in [0, 0.05) is 0 Å². The van der Waals surface area contributed by atoms with E-state index in [1.165, 1.54) is 24.6 Å². The minimum Gasteiger partial charge on any atom is -0.411 e. The minimum absolute atomic E-state index is 0.708. The number of nitrogens with zero attached hydrogens (tertiary/aromatic N) is 1. The first-order valence-electron chi connectivity index (χ1n) is 4.18. The van der Waals surface area contributed by atoms with Crippen molar-refractivity contribution in [2.24, 2.45) is 5.16 Å². The summed E-state index contributed by atoms with van der Waals surface area (Å²) in [5, 5.41) is 11.5. The zero-order chi connectivity index (χ0) is 8.39. The van der Waals surface area contributed by atoms with E-state index in [-0.39, 0.29) is 0 Å². The molecule has 1 aliphatic rings. The van der Waals surface area contributed by atoms with Gasteiger partial charge >= 0.3 is 0 Å². The molecule has 1 fully saturated rings. The van der Waals surface area contributed by atoms with Crippen molar-refractivity contribution < 1.29 is 5.21 Å². The third-order valence-corrected chi connectivity index (χ3v) is 2.21. The molecule has 62 valence electrons. The van der Waals surface area contributed by atoms with Crippen LogP contribution in [0.5, 0.6) is 0 Å². The van der Waals surface area contributed by atoms with Crippen LogP contribution >= 0.6 is 0 Å². The van der Waals surface area contributed by atoms with E-state index in [0.29, 0.717) is 5.92 Å². The zero-order valence-corrected chi connectivity index (χ0v) is 6.77. The summed E-state index contributed by atoms with van der Waals surface area (Å²) in [7, 11) is 0. The maximum absolute atomic E-state index is 8.42. The van der Waals surface area contributed by atoms with Crippen LogP contribution in [0.1, 0.15) is 29.9 Å². The van der Waals surface area contributed by atoms with Gasteiger partial charge in [0.2, 0.25) is 0 Å². The first kappa shape index (κ1) is 7.35. The highest BCUT2D eigenvalue weighted by molar-refractivity contribution is 5.81. The van der Waals surface area contributed by atoms with E-state index in [4.69, 9.17) is 5.21 Å². The number of hydrogen-bond donors (Lipinski definition) is 1. The second-order valence-electron chi connectivity index (χ2n) is 3.15. The smallest absolute Gasteiger partial charge is 0.0736 e. The van der Waals surface area contributed by atoms with Crippen LogP contribution in [-0.2, 0) is 0 Å². The minimum atomic E-state index is 0.708. The third-order valence-electron chi connectivity index (χ3n) is 2.21. The molecule has 1 aromatic carbocycles. The Morgan fingerprint density at radius 2 is 2.08 bits per heavy atom. The normalized spacial score (nSPS) is 17.0. The number of oxime groups is 1. The van der Waals surface area contributed by atoms with Gasteiger partial charge in [-0.1, -0.05) is 29.4 Å². The Morgan fingerprint density at radius 3 is 2.75 bits per heavy atom. The lowest BCUT2D eigenvalue weighted by atomic mass is 10.0. The molecule has 2 rings (SSSR count). The standard InChI is InChI=1S/C10H11NO/c12-11-7-9-3-1-2-4-10(9)8-5-6-8/h1-4,7-8,12H,5-6H2/b11-7+. The maximum atomic E-state index is 8.42.